The first-order valence-corrected chi connectivity index (χ1v) is 5.38. The minimum absolute atomic E-state index is 0.0740. The molecular formula is C12H17FN2O2. The van der Waals surface area contributed by atoms with Gasteiger partial charge in [0.2, 0.25) is 5.91 Å². The van der Waals surface area contributed by atoms with Crippen LogP contribution in [0.3, 0.4) is 0 Å². The first-order valence-electron chi connectivity index (χ1n) is 5.38. The summed E-state index contributed by atoms with van der Waals surface area (Å²) in [6.45, 7) is 4.13. The molecule has 0 aliphatic carbocycles. The molecule has 4 nitrogen and oxygen atoms in total. The van der Waals surface area contributed by atoms with Gasteiger partial charge in [-0.1, -0.05) is 0 Å². The molecule has 1 rings (SSSR count). The second-order valence-corrected chi connectivity index (χ2v) is 4.22. The highest BCUT2D eigenvalue weighted by atomic mass is 19.1. The third kappa shape index (κ3) is 4.03. The molecule has 0 aromatic heterocycles. The number of carbonyl (C=O) groups is 1. The number of hydrogen-bond donors (Lipinski definition) is 2. The molecule has 0 bridgehead atoms. The molecule has 0 atom stereocenters. The Bertz CT molecular complexity index is 407. The maximum atomic E-state index is 13.3. The van der Waals surface area contributed by atoms with Gasteiger partial charge in [0.1, 0.15) is 11.6 Å². The average molecular weight is 240 g/mol. The van der Waals surface area contributed by atoms with Crippen molar-refractivity contribution in [2.75, 3.05) is 18.9 Å². The van der Waals surface area contributed by atoms with Gasteiger partial charge in [0.05, 0.1) is 12.2 Å². The van der Waals surface area contributed by atoms with Gasteiger partial charge in [-0.05, 0) is 33.0 Å². The van der Waals surface area contributed by atoms with Crippen LogP contribution >= 0.6 is 0 Å². The molecule has 0 heterocycles. The van der Waals surface area contributed by atoms with Gasteiger partial charge < -0.3 is 10.4 Å². The van der Waals surface area contributed by atoms with Crippen LogP contribution in [0.15, 0.2) is 18.2 Å². The van der Waals surface area contributed by atoms with Crippen LogP contribution in [0.2, 0.25) is 0 Å². The maximum Gasteiger partial charge on any atom is 0.238 e. The first kappa shape index (κ1) is 13.4. The van der Waals surface area contributed by atoms with Gasteiger partial charge in [-0.2, -0.15) is 0 Å². The summed E-state index contributed by atoms with van der Waals surface area (Å²) < 4.78 is 13.3. The SMILES string of the molecule is CC(C)N(C)CC(=O)Nc1ccc(O)cc1F. The molecule has 1 aromatic rings. The van der Waals surface area contributed by atoms with Crippen molar-refractivity contribution < 1.29 is 14.3 Å². The fourth-order valence-corrected chi connectivity index (χ4v) is 1.20. The molecular weight excluding hydrogens is 223 g/mol. The van der Waals surface area contributed by atoms with E-state index in [1.165, 1.54) is 12.1 Å². The van der Waals surface area contributed by atoms with Gasteiger partial charge >= 0.3 is 0 Å². The van der Waals surface area contributed by atoms with E-state index < -0.39 is 5.82 Å². The predicted molar refractivity (Wildman–Crippen MR) is 64.5 cm³/mol. The molecule has 5 heteroatoms. The third-order valence-electron chi connectivity index (χ3n) is 2.50. The topological polar surface area (TPSA) is 52.6 Å². The molecule has 94 valence electrons. The van der Waals surface area contributed by atoms with Crippen LogP contribution < -0.4 is 5.32 Å². The second-order valence-electron chi connectivity index (χ2n) is 4.22. The molecule has 1 amide bonds. The Balaban J connectivity index is 2.62. The molecule has 1 aromatic carbocycles. The quantitative estimate of drug-likeness (QED) is 0.789. The fraction of sp³-hybridized carbons (Fsp3) is 0.417. The summed E-state index contributed by atoms with van der Waals surface area (Å²) >= 11 is 0. The summed E-state index contributed by atoms with van der Waals surface area (Å²) in [5.41, 5.74) is 0.0740. The van der Waals surface area contributed by atoms with E-state index in [1.54, 1.807) is 0 Å². The Labute approximate surface area is 100 Å². The lowest BCUT2D eigenvalue weighted by Crippen LogP contribution is -2.34. The number of phenolic OH excluding ortho intramolecular Hbond substituents is 1. The summed E-state index contributed by atoms with van der Waals surface area (Å²) in [6.07, 6.45) is 0. The van der Waals surface area contributed by atoms with Crippen LogP contribution in [0.5, 0.6) is 5.75 Å². The maximum absolute atomic E-state index is 13.3. The Kier molecular flexibility index (Phi) is 4.45. The van der Waals surface area contributed by atoms with Crippen LogP contribution in [-0.4, -0.2) is 35.5 Å². The number of rotatable bonds is 4. The van der Waals surface area contributed by atoms with Crippen LogP contribution in [0.1, 0.15) is 13.8 Å². The van der Waals surface area contributed by atoms with Gasteiger partial charge in [0.15, 0.2) is 0 Å². The van der Waals surface area contributed by atoms with E-state index in [1.807, 2.05) is 25.8 Å². The third-order valence-corrected chi connectivity index (χ3v) is 2.50. The van der Waals surface area contributed by atoms with Crippen LogP contribution in [0.25, 0.3) is 0 Å². The van der Waals surface area contributed by atoms with Crippen molar-refractivity contribution in [3.63, 3.8) is 0 Å². The normalized spacial score (nSPS) is 10.9. The number of amides is 1. The van der Waals surface area contributed by atoms with Crippen LogP contribution in [-0.2, 0) is 4.79 Å². The van der Waals surface area contributed by atoms with Gasteiger partial charge in [-0.3, -0.25) is 9.69 Å². The highest BCUT2D eigenvalue weighted by Gasteiger charge is 2.11. The first-order chi connectivity index (χ1) is 7.90. The van der Waals surface area contributed by atoms with Crippen molar-refractivity contribution in [1.29, 1.82) is 0 Å². The lowest BCUT2D eigenvalue weighted by molar-refractivity contribution is -0.117. The number of likely N-dealkylation sites (N-methyl/N-ethyl adjacent to an activating group) is 1. The summed E-state index contributed by atoms with van der Waals surface area (Å²) in [5, 5.41) is 11.5. The predicted octanol–water partition coefficient (Wildman–Crippen LogP) is 1.81. The zero-order chi connectivity index (χ0) is 13.0. The van der Waals surface area contributed by atoms with Crippen molar-refractivity contribution in [3.8, 4) is 5.75 Å². The zero-order valence-electron chi connectivity index (χ0n) is 10.2. The smallest absolute Gasteiger partial charge is 0.238 e. The van der Waals surface area contributed by atoms with E-state index in [0.717, 1.165) is 6.07 Å². The molecule has 0 aliphatic rings. The Morgan fingerprint density at radius 2 is 2.18 bits per heavy atom. The number of hydrogen-bond acceptors (Lipinski definition) is 3. The zero-order valence-corrected chi connectivity index (χ0v) is 10.2. The van der Waals surface area contributed by atoms with Crippen molar-refractivity contribution in [2.24, 2.45) is 0 Å². The average Bonchev–Trinajstić information content (AvgIpc) is 2.22. The number of aromatic hydroxyl groups is 1. The van der Waals surface area contributed by atoms with Gasteiger partial charge in [0, 0.05) is 12.1 Å². The molecule has 2 N–H and O–H groups in total. The highest BCUT2D eigenvalue weighted by Crippen LogP contribution is 2.19. The fourth-order valence-electron chi connectivity index (χ4n) is 1.20. The summed E-state index contributed by atoms with van der Waals surface area (Å²) in [7, 11) is 1.82. The van der Waals surface area contributed by atoms with Gasteiger partial charge in [-0.25, -0.2) is 4.39 Å². The molecule has 0 radical (unpaired) electrons. The number of phenols is 1. The van der Waals surface area contributed by atoms with Crippen molar-refractivity contribution in [2.45, 2.75) is 19.9 Å². The number of benzene rings is 1. The summed E-state index contributed by atoms with van der Waals surface area (Å²) in [6, 6.07) is 3.86. The molecule has 17 heavy (non-hydrogen) atoms. The standard InChI is InChI=1S/C12H17FN2O2/c1-8(2)15(3)7-12(17)14-11-5-4-9(16)6-10(11)13/h4-6,8,16H,7H2,1-3H3,(H,14,17). The van der Waals surface area contributed by atoms with Crippen LogP contribution in [0, 0.1) is 5.82 Å². The van der Waals surface area contributed by atoms with E-state index >= 15 is 0 Å². The van der Waals surface area contributed by atoms with E-state index in [9.17, 15) is 9.18 Å². The van der Waals surface area contributed by atoms with Gasteiger partial charge in [0.25, 0.3) is 0 Å². The number of anilines is 1. The lowest BCUT2D eigenvalue weighted by atomic mass is 10.3. The molecule has 0 saturated carbocycles. The minimum atomic E-state index is -0.648. The van der Waals surface area contributed by atoms with E-state index in [4.69, 9.17) is 5.11 Å². The Morgan fingerprint density at radius 1 is 1.53 bits per heavy atom. The van der Waals surface area contributed by atoms with Crippen molar-refractivity contribution >= 4 is 11.6 Å². The van der Waals surface area contributed by atoms with Crippen molar-refractivity contribution in [1.82, 2.24) is 4.90 Å². The Hall–Kier alpha value is -1.62. The Morgan fingerprint density at radius 3 is 2.71 bits per heavy atom. The van der Waals surface area contributed by atoms with E-state index in [0.29, 0.717) is 0 Å². The summed E-state index contributed by atoms with van der Waals surface area (Å²) in [5.74, 6) is -1.10. The molecule has 0 unspecified atom stereocenters. The van der Waals surface area contributed by atoms with E-state index in [2.05, 4.69) is 5.32 Å². The molecule has 0 fully saturated rings. The number of carbonyl (C=O) groups excluding carboxylic acids is 1. The second kappa shape index (κ2) is 5.63. The lowest BCUT2D eigenvalue weighted by Gasteiger charge is -2.20. The molecule has 0 spiro atoms. The molecule has 0 aliphatic heterocycles. The summed E-state index contributed by atoms with van der Waals surface area (Å²) in [4.78, 5) is 13.4. The monoisotopic (exact) mass is 240 g/mol. The number of nitrogens with one attached hydrogen (secondary N) is 1. The molecule has 0 saturated heterocycles. The number of halogens is 1. The van der Waals surface area contributed by atoms with Crippen molar-refractivity contribution in [3.05, 3.63) is 24.0 Å². The van der Waals surface area contributed by atoms with E-state index in [-0.39, 0.29) is 29.9 Å². The largest absolute Gasteiger partial charge is 0.508 e. The number of nitrogens with zero attached hydrogens (tertiary/aromatic N) is 1. The van der Waals surface area contributed by atoms with Crippen LogP contribution in [0.4, 0.5) is 10.1 Å². The highest BCUT2D eigenvalue weighted by molar-refractivity contribution is 5.92. The van der Waals surface area contributed by atoms with Gasteiger partial charge in [-0.15, -0.1) is 0 Å². The minimum Gasteiger partial charge on any atom is -0.508 e.